The number of thiophene rings is 1. The summed E-state index contributed by atoms with van der Waals surface area (Å²) in [6.45, 7) is 0. The fourth-order valence-electron chi connectivity index (χ4n) is 5.90. The molecule has 190 valence electrons. The lowest BCUT2D eigenvalue weighted by Crippen LogP contribution is -2.10. The van der Waals surface area contributed by atoms with Crippen LogP contribution in [0.3, 0.4) is 0 Å². The van der Waals surface area contributed by atoms with Gasteiger partial charge in [0, 0.05) is 58.2 Å². The van der Waals surface area contributed by atoms with E-state index in [4.69, 9.17) is 0 Å². The van der Waals surface area contributed by atoms with Crippen molar-refractivity contribution < 1.29 is 0 Å². The lowest BCUT2D eigenvalue weighted by atomic mass is 10.1. The first-order chi connectivity index (χ1) is 19.7. The number of anilines is 3. The van der Waals surface area contributed by atoms with Gasteiger partial charge >= 0.3 is 0 Å². The van der Waals surface area contributed by atoms with Gasteiger partial charge in [0.15, 0.2) is 0 Å². The third kappa shape index (κ3) is 3.75. The predicted octanol–water partition coefficient (Wildman–Crippen LogP) is 11.4. The van der Waals surface area contributed by atoms with E-state index in [9.17, 15) is 0 Å². The summed E-state index contributed by atoms with van der Waals surface area (Å²) in [6.07, 6.45) is 0. The average molecular weight is 596 g/mol. The van der Waals surface area contributed by atoms with E-state index >= 15 is 0 Å². The number of benzene rings is 6. The maximum absolute atomic E-state index is 3.87. The molecule has 0 spiro atoms. The molecule has 0 aliphatic heterocycles. The maximum Gasteiger partial charge on any atom is 0.0541 e. The Morgan fingerprint density at radius 1 is 0.475 bits per heavy atom. The molecular formula is C36H23BrN2S. The molecule has 0 N–H and O–H groups in total. The first-order valence-electron chi connectivity index (χ1n) is 13.3. The van der Waals surface area contributed by atoms with Crippen LogP contribution in [0.2, 0.25) is 0 Å². The molecule has 0 saturated carbocycles. The van der Waals surface area contributed by atoms with Gasteiger partial charge in [0.05, 0.1) is 11.0 Å². The van der Waals surface area contributed by atoms with Gasteiger partial charge in [-0.05, 0) is 66.7 Å². The van der Waals surface area contributed by atoms with Crippen molar-refractivity contribution in [3.63, 3.8) is 0 Å². The van der Waals surface area contributed by atoms with Gasteiger partial charge in [-0.3, -0.25) is 0 Å². The Bertz CT molecular complexity index is 2140. The van der Waals surface area contributed by atoms with Gasteiger partial charge in [-0.25, -0.2) is 0 Å². The minimum atomic E-state index is 1.03. The quantitative estimate of drug-likeness (QED) is 0.197. The van der Waals surface area contributed by atoms with Crippen molar-refractivity contribution in [1.29, 1.82) is 0 Å². The van der Waals surface area contributed by atoms with Gasteiger partial charge < -0.3 is 9.47 Å². The molecule has 0 amide bonds. The summed E-state index contributed by atoms with van der Waals surface area (Å²) < 4.78 is 6.03. The molecule has 0 aliphatic carbocycles. The third-order valence-corrected chi connectivity index (χ3v) is 9.21. The second kappa shape index (κ2) is 9.37. The molecule has 6 aromatic carbocycles. The lowest BCUT2D eigenvalue weighted by Gasteiger charge is -2.26. The summed E-state index contributed by atoms with van der Waals surface area (Å²) in [4.78, 5) is 2.36. The van der Waals surface area contributed by atoms with E-state index in [1.165, 1.54) is 42.0 Å². The molecule has 0 fully saturated rings. The molecule has 2 aromatic heterocycles. The van der Waals surface area contributed by atoms with Crippen molar-refractivity contribution in [3.05, 3.63) is 144 Å². The number of hydrogen-bond donors (Lipinski definition) is 0. The van der Waals surface area contributed by atoms with Crippen molar-refractivity contribution >= 4 is 86.3 Å². The van der Waals surface area contributed by atoms with Crippen molar-refractivity contribution in [2.75, 3.05) is 4.90 Å². The maximum atomic E-state index is 3.87. The fourth-order valence-corrected chi connectivity index (χ4v) is 7.45. The number of hydrogen-bond acceptors (Lipinski definition) is 2. The molecular weight excluding hydrogens is 572 g/mol. The van der Waals surface area contributed by atoms with Crippen LogP contribution in [0.15, 0.2) is 144 Å². The number of para-hydroxylation sites is 3. The zero-order valence-corrected chi connectivity index (χ0v) is 23.9. The minimum absolute atomic E-state index is 1.03. The molecule has 8 rings (SSSR count). The third-order valence-electron chi connectivity index (χ3n) is 7.60. The first-order valence-corrected chi connectivity index (χ1v) is 14.9. The summed E-state index contributed by atoms with van der Waals surface area (Å²) in [7, 11) is 0. The molecule has 0 bridgehead atoms. The van der Waals surface area contributed by atoms with E-state index in [-0.39, 0.29) is 0 Å². The number of rotatable bonds is 4. The molecule has 8 aromatic rings. The highest BCUT2D eigenvalue weighted by atomic mass is 79.9. The van der Waals surface area contributed by atoms with Crippen LogP contribution in [0.1, 0.15) is 0 Å². The number of nitrogens with zero attached hydrogens (tertiary/aromatic N) is 2. The van der Waals surface area contributed by atoms with E-state index < -0.39 is 0 Å². The standard InChI is InChI=1S/C36H23BrN2S/c37-24-20-27(22-28(21-24)39-33-15-7-4-12-29(33)30-13-5-8-16-34(30)39)38(25-10-2-1-3-11-25)26-18-19-36-32(23-26)31-14-6-9-17-35(31)40-36/h1-23H. The molecule has 4 heteroatoms. The van der Waals surface area contributed by atoms with Crippen LogP contribution in [0, 0.1) is 0 Å². The van der Waals surface area contributed by atoms with Gasteiger partial charge in [-0.1, -0.05) is 88.7 Å². The van der Waals surface area contributed by atoms with E-state index in [0.29, 0.717) is 0 Å². The highest BCUT2D eigenvalue weighted by Gasteiger charge is 2.18. The van der Waals surface area contributed by atoms with Gasteiger partial charge in [-0.15, -0.1) is 11.3 Å². The van der Waals surface area contributed by atoms with E-state index in [0.717, 1.165) is 27.2 Å². The monoisotopic (exact) mass is 594 g/mol. The van der Waals surface area contributed by atoms with E-state index in [2.05, 4.69) is 165 Å². The van der Waals surface area contributed by atoms with Crippen molar-refractivity contribution in [2.24, 2.45) is 0 Å². The zero-order chi connectivity index (χ0) is 26.6. The minimum Gasteiger partial charge on any atom is -0.310 e. The molecule has 0 unspecified atom stereocenters. The van der Waals surface area contributed by atoms with Gasteiger partial charge in [0.25, 0.3) is 0 Å². The largest absolute Gasteiger partial charge is 0.310 e. The van der Waals surface area contributed by atoms with Crippen LogP contribution >= 0.6 is 27.3 Å². The number of aromatic nitrogens is 1. The van der Waals surface area contributed by atoms with Crippen LogP contribution in [0.25, 0.3) is 47.7 Å². The Kier molecular flexibility index (Phi) is 5.51. The molecule has 0 atom stereocenters. The Labute approximate surface area is 244 Å². The summed E-state index contributed by atoms with van der Waals surface area (Å²) in [5, 5.41) is 5.11. The number of halogens is 1. The van der Waals surface area contributed by atoms with Crippen molar-refractivity contribution in [1.82, 2.24) is 4.57 Å². The SMILES string of the molecule is Brc1cc(N(c2ccccc2)c2ccc3sc4ccccc4c3c2)cc(-n2c3ccccc3c3ccccc32)c1. The molecule has 0 saturated heterocycles. The Hall–Kier alpha value is -4.38. The van der Waals surface area contributed by atoms with Crippen LogP contribution in [-0.2, 0) is 0 Å². The number of fused-ring (bicyclic) bond motifs is 6. The molecule has 2 heterocycles. The molecule has 0 radical (unpaired) electrons. The van der Waals surface area contributed by atoms with Crippen molar-refractivity contribution in [2.45, 2.75) is 0 Å². The van der Waals surface area contributed by atoms with Gasteiger partial charge in [-0.2, -0.15) is 0 Å². The molecule has 0 aliphatic rings. The van der Waals surface area contributed by atoms with Crippen LogP contribution in [0.5, 0.6) is 0 Å². The van der Waals surface area contributed by atoms with Crippen molar-refractivity contribution in [3.8, 4) is 5.69 Å². The lowest BCUT2D eigenvalue weighted by molar-refractivity contribution is 1.17. The summed E-state index contributed by atoms with van der Waals surface area (Å²) in [5.74, 6) is 0. The zero-order valence-electron chi connectivity index (χ0n) is 21.5. The first kappa shape index (κ1) is 23.5. The molecule has 40 heavy (non-hydrogen) atoms. The second-order valence-corrected chi connectivity index (χ2v) is 12.0. The van der Waals surface area contributed by atoms with Gasteiger partial charge in [0.2, 0.25) is 0 Å². The average Bonchev–Trinajstić information content (AvgIpc) is 3.53. The van der Waals surface area contributed by atoms with Crippen LogP contribution in [0.4, 0.5) is 17.1 Å². The summed E-state index contributed by atoms with van der Waals surface area (Å²) >= 11 is 5.72. The topological polar surface area (TPSA) is 8.17 Å². The highest BCUT2D eigenvalue weighted by Crippen LogP contribution is 2.42. The Balaban J connectivity index is 1.38. The summed E-state index contributed by atoms with van der Waals surface area (Å²) in [5.41, 5.74) is 6.86. The predicted molar refractivity (Wildman–Crippen MR) is 176 cm³/mol. The summed E-state index contributed by atoms with van der Waals surface area (Å²) in [6, 6.07) is 50.2. The van der Waals surface area contributed by atoms with Gasteiger partial charge in [0.1, 0.15) is 0 Å². The van der Waals surface area contributed by atoms with E-state index in [1.54, 1.807) is 0 Å². The smallest absolute Gasteiger partial charge is 0.0541 e. The fraction of sp³-hybridized carbons (Fsp3) is 0. The van der Waals surface area contributed by atoms with Crippen LogP contribution < -0.4 is 4.90 Å². The Morgan fingerprint density at radius 2 is 1.10 bits per heavy atom. The Morgan fingerprint density at radius 3 is 1.85 bits per heavy atom. The normalized spacial score (nSPS) is 11.6. The molecule has 2 nitrogen and oxygen atoms in total. The highest BCUT2D eigenvalue weighted by molar-refractivity contribution is 9.10. The van der Waals surface area contributed by atoms with E-state index in [1.807, 2.05) is 11.3 Å². The van der Waals surface area contributed by atoms with Crippen LogP contribution in [-0.4, -0.2) is 4.57 Å². The second-order valence-electron chi connectivity index (χ2n) is 9.99.